The molecule has 7 nitrogen and oxygen atoms in total. The van der Waals surface area contributed by atoms with Crippen LogP contribution in [-0.4, -0.2) is 51.6 Å². The van der Waals surface area contributed by atoms with Crippen molar-refractivity contribution in [3.05, 3.63) is 69.6 Å². The van der Waals surface area contributed by atoms with E-state index in [-0.39, 0.29) is 16.8 Å². The maximum Gasteiger partial charge on any atom is 0.285 e. The Bertz CT molecular complexity index is 1150. The summed E-state index contributed by atoms with van der Waals surface area (Å²) in [5, 5.41) is 1.47. The van der Waals surface area contributed by atoms with E-state index in [1.165, 1.54) is 12.5 Å². The first kappa shape index (κ1) is 24.3. The Labute approximate surface area is 212 Å². The number of ether oxygens (including phenoxy) is 1. The van der Waals surface area contributed by atoms with E-state index >= 15 is 0 Å². The second-order valence-corrected chi connectivity index (χ2v) is 9.88. The van der Waals surface area contributed by atoms with Gasteiger partial charge >= 0.3 is 0 Å². The number of hydrazine groups is 1. The fourth-order valence-electron chi connectivity index (χ4n) is 3.55. The van der Waals surface area contributed by atoms with E-state index in [1.54, 1.807) is 48.5 Å². The summed E-state index contributed by atoms with van der Waals surface area (Å²) < 4.78 is 5.85. The Kier molecular flexibility index (Phi) is 7.87. The number of nitrogens with zero attached hydrogens (tertiary/aromatic N) is 2. The van der Waals surface area contributed by atoms with E-state index in [0.717, 1.165) is 48.3 Å². The monoisotopic (exact) mass is 515 g/mol. The number of likely N-dealkylation sites (tertiary alicyclic amines) is 1. The molecule has 2 aromatic carbocycles. The smallest absolute Gasteiger partial charge is 0.285 e. The predicted octanol–water partition coefficient (Wildman–Crippen LogP) is 4.28. The molecule has 1 N–H and O–H groups in total. The molecule has 2 aromatic rings. The molecule has 10 heteroatoms. The highest BCUT2D eigenvalue weighted by Gasteiger charge is 2.33. The molecule has 0 unspecified atom stereocenters. The molecule has 0 radical (unpaired) electrons. The Morgan fingerprint density at radius 2 is 1.85 bits per heavy atom. The van der Waals surface area contributed by atoms with Crippen LogP contribution in [0.1, 0.15) is 35.2 Å². The minimum absolute atomic E-state index is 0.00429. The highest BCUT2D eigenvalue weighted by atomic mass is 35.5. The van der Waals surface area contributed by atoms with Crippen molar-refractivity contribution in [1.29, 1.82) is 0 Å². The molecule has 0 atom stereocenters. The van der Waals surface area contributed by atoms with Crippen LogP contribution in [0.4, 0.5) is 0 Å². The summed E-state index contributed by atoms with van der Waals surface area (Å²) in [5.41, 5.74) is 3.61. The maximum absolute atomic E-state index is 12.8. The van der Waals surface area contributed by atoms with Crippen molar-refractivity contribution < 1.29 is 19.1 Å². The van der Waals surface area contributed by atoms with Gasteiger partial charge in [0.25, 0.3) is 17.7 Å². The highest BCUT2D eigenvalue weighted by molar-refractivity contribution is 8.26. The van der Waals surface area contributed by atoms with E-state index in [1.807, 2.05) is 4.90 Å². The number of thioether (sulfide) groups is 1. The Balaban J connectivity index is 1.35. The van der Waals surface area contributed by atoms with Crippen LogP contribution < -0.4 is 10.2 Å². The second-order valence-electron chi connectivity index (χ2n) is 7.77. The van der Waals surface area contributed by atoms with Gasteiger partial charge in [0.15, 0.2) is 10.9 Å². The molecule has 2 saturated heterocycles. The lowest BCUT2D eigenvalue weighted by atomic mass is 10.1. The van der Waals surface area contributed by atoms with Gasteiger partial charge in [0.1, 0.15) is 5.75 Å². The molecule has 2 fully saturated rings. The lowest BCUT2D eigenvalue weighted by Crippen LogP contribution is -2.44. The number of piperidine rings is 1. The number of halogens is 1. The summed E-state index contributed by atoms with van der Waals surface area (Å²) in [4.78, 5) is 39.7. The van der Waals surface area contributed by atoms with Gasteiger partial charge in [-0.25, -0.2) is 0 Å². The number of nitrogens with one attached hydrogen (secondary N) is 1. The summed E-state index contributed by atoms with van der Waals surface area (Å²) in [5.74, 6) is -0.338. The largest absolute Gasteiger partial charge is 0.484 e. The Morgan fingerprint density at radius 1 is 1.12 bits per heavy atom. The fraction of sp³-hybridized carbons (Fsp3) is 0.250. The van der Waals surface area contributed by atoms with Gasteiger partial charge in [-0.1, -0.05) is 41.6 Å². The van der Waals surface area contributed by atoms with Crippen molar-refractivity contribution in [2.45, 2.75) is 19.3 Å². The van der Waals surface area contributed by atoms with Gasteiger partial charge in [-0.3, -0.25) is 19.8 Å². The van der Waals surface area contributed by atoms with Crippen LogP contribution >= 0.6 is 35.6 Å². The van der Waals surface area contributed by atoms with E-state index in [4.69, 9.17) is 28.6 Å². The molecule has 176 valence electrons. The molecule has 34 heavy (non-hydrogen) atoms. The van der Waals surface area contributed by atoms with E-state index < -0.39 is 11.8 Å². The van der Waals surface area contributed by atoms with Crippen LogP contribution in [0.25, 0.3) is 6.08 Å². The zero-order valence-electron chi connectivity index (χ0n) is 18.2. The molecular formula is C24H22ClN3O4S2. The average molecular weight is 516 g/mol. The number of rotatable bonds is 6. The average Bonchev–Trinajstić information content (AvgIpc) is 3.11. The van der Waals surface area contributed by atoms with Crippen LogP contribution in [0.2, 0.25) is 5.02 Å². The number of carbonyl (C=O) groups excluding carboxylic acids is 3. The van der Waals surface area contributed by atoms with Gasteiger partial charge in [0, 0.05) is 23.7 Å². The van der Waals surface area contributed by atoms with Gasteiger partial charge in [-0.15, -0.1) is 0 Å². The first-order chi connectivity index (χ1) is 16.4. The van der Waals surface area contributed by atoms with Crippen molar-refractivity contribution in [2.24, 2.45) is 0 Å². The Morgan fingerprint density at radius 3 is 2.56 bits per heavy atom. The molecule has 0 aromatic heterocycles. The zero-order valence-corrected chi connectivity index (χ0v) is 20.5. The summed E-state index contributed by atoms with van der Waals surface area (Å²) in [6.07, 6.45) is 4.93. The highest BCUT2D eigenvalue weighted by Crippen LogP contribution is 2.31. The van der Waals surface area contributed by atoms with Crippen LogP contribution in [0.5, 0.6) is 5.75 Å². The van der Waals surface area contributed by atoms with Gasteiger partial charge in [-0.05, 0) is 73.5 Å². The van der Waals surface area contributed by atoms with Gasteiger partial charge in [-0.2, -0.15) is 5.01 Å². The molecule has 0 aliphatic carbocycles. The van der Waals surface area contributed by atoms with E-state index in [9.17, 15) is 14.4 Å². The van der Waals surface area contributed by atoms with Crippen LogP contribution in [0.3, 0.4) is 0 Å². The first-order valence-corrected chi connectivity index (χ1v) is 12.4. The lowest BCUT2D eigenvalue weighted by Gasteiger charge is -2.26. The standard InChI is InChI=1S/C24H22ClN3O4S2/c25-18-6-4-5-17(14-18)22(30)26-28-23(31)20(34-24(28)33)13-16-7-9-19(10-8-16)32-15-21(29)27-11-2-1-3-12-27/h4-10,13-14H,1-3,11-12,15H2,(H,26,30)/b20-13+. The van der Waals surface area contributed by atoms with E-state index in [2.05, 4.69) is 5.43 Å². The van der Waals surface area contributed by atoms with Crippen molar-refractivity contribution >= 4 is 63.7 Å². The predicted molar refractivity (Wildman–Crippen MR) is 136 cm³/mol. The zero-order chi connectivity index (χ0) is 24.1. The summed E-state index contributed by atoms with van der Waals surface area (Å²) in [6, 6.07) is 13.5. The first-order valence-electron chi connectivity index (χ1n) is 10.8. The number of thiocarbonyl (C=S) groups is 1. The molecular weight excluding hydrogens is 494 g/mol. The minimum atomic E-state index is -0.486. The van der Waals surface area contributed by atoms with Gasteiger partial charge in [0.2, 0.25) is 0 Å². The summed E-state index contributed by atoms with van der Waals surface area (Å²) in [7, 11) is 0. The molecule has 0 spiro atoms. The minimum Gasteiger partial charge on any atom is -0.484 e. The maximum atomic E-state index is 12.8. The van der Waals surface area contributed by atoms with Crippen molar-refractivity contribution in [1.82, 2.24) is 15.3 Å². The second kappa shape index (κ2) is 11.0. The Hall–Kier alpha value is -2.88. The van der Waals surface area contributed by atoms with E-state index in [0.29, 0.717) is 21.2 Å². The van der Waals surface area contributed by atoms with Crippen molar-refractivity contribution in [2.75, 3.05) is 19.7 Å². The number of hydrogen-bond donors (Lipinski definition) is 1. The topological polar surface area (TPSA) is 79.0 Å². The third kappa shape index (κ3) is 5.97. The fourth-order valence-corrected chi connectivity index (χ4v) is 4.92. The third-order valence-electron chi connectivity index (χ3n) is 5.34. The molecule has 0 saturated carbocycles. The van der Waals surface area contributed by atoms with Crippen LogP contribution in [0.15, 0.2) is 53.4 Å². The molecule has 2 aliphatic rings. The lowest BCUT2D eigenvalue weighted by molar-refractivity contribution is -0.134. The number of amides is 3. The number of carbonyl (C=O) groups is 3. The number of hydrogen-bond acceptors (Lipinski definition) is 6. The summed E-state index contributed by atoms with van der Waals surface area (Å²) in [6.45, 7) is 1.59. The van der Waals surface area contributed by atoms with Crippen molar-refractivity contribution in [3.63, 3.8) is 0 Å². The van der Waals surface area contributed by atoms with Gasteiger partial charge in [0.05, 0.1) is 4.91 Å². The molecule has 2 heterocycles. The van der Waals surface area contributed by atoms with Crippen molar-refractivity contribution in [3.8, 4) is 5.75 Å². The van der Waals surface area contributed by atoms with Crippen LogP contribution in [-0.2, 0) is 9.59 Å². The molecule has 4 rings (SSSR count). The third-order valence-corrected chi connectivity index (χ3v) is 6.88. The SMILES string of the molecule is O=C(NN1C(=O)/C(=C\c2ccc(OCC(=O)N3CCCCC3)cc2)SC1=S)c1cccc(Cl)c1. The van der Waals surface area contributed by atoms with Crippen LogP contribution in [0, 0.1) is 0 Å². The normalized spacial score (nSPS) is 17.3. The molecule has 2 aliphatic heterocycles. The quantitative estimate of drug-likeness (QED) is 0.457. The number of benzene rings is 2. The summed E-state index contributed by atoms with van der Waals surface area (Å²) >= 11 is 12.3. The van der Waals surface area contributed by atoms with Gasteiger partial charge < -0.3 is 9.64 Å². The molecule has 0 bridgehead atoms. The molecule has 3 amide bonds.